The third-order valence-corrected chi connectivity index (χ3v) is 10.1. The van der Waals surface area contributed by atoms with Crippen LogP contribution in [-0.4, -0.2) is 150 Å². The monoisotopic (exact) mass is 743 g/mol. The lowest BCUT2D eigenvalue weighted by Gasteiger charge is -2.50. The van der Waals surface area contributed by atoms with E-state index in [0.717, 1.165) is 0 Å². The highest BCUT2D eigenvalue weighted by molar-refractivity contribution is 5.70. The maximum Gasteiger partial charge on any atom is 0.308 e. The number of carbonyl (C=O) groups is 3. The van der Waals surface area contributed by atoms with Crippen LogP contribution in [0.2, 0.25) is 0 Å². The van der Waals surface area contributed by atoms with Crippen molar-refractivity contribution in [2.75, 3.05) is 21.2 Å². The van der Waals surface area contributed by atoms with Gasteiger partial charge in [0, 0.05) is 33.3 Å². The Balaban J connectivity index is 1.93. The zero-order valence-electron chi connectivity index (χ0n) is 31.9. The van der Waals surface area contributed by atoms with Crippen LogP contribution in [-0.2, 0) is 47.5 Å². The quantitative estimate of drug-likeness (QED) is 0.195. The van der Waals surface area contributed by atoms with Crippen molar-refractivity contribution in [2.24, 2.45) is 11.8 Å². The number of hydrogen-bond donors (Lipinski definition) is 4. The van der Waals surface area contributed by atoms with Gasteiger partial charge in [0.25, 0.3) is 0 Å². The Labute approximate surface area is 307 Å². The summed E-state index contributed by atoms with van der Waals surface area (Å²) in [5.74, 6) is -2.23. The van der Waals surface area contributed by atoms with Gasteiger partial charge in [-0.25, -0.2) is 0 Å². The number of methoxy groups -OCH3 is 1. The first-order valence-electron chi connectivity index (χ1n) is 18.1. The predicted octanol–water partition coefficient (Wildman–Crippen LogP) is 1.42. The Bertz CT molecular complexity index is 1210. The standard InChI is InChI=1S/C37H61NO14/c1-20-17-25(15-16-39)33(34(46-9)27(42)18-28(43)47-21(2)13-11-10-12-14-26(20)41)52-36-31(44)30(38(7)8)32(22(3)49-36)51-29-19-37(6,45)35(23(4)48-29)50-24(5)40/h10-12,14,16,20-23,25-27,29-36,41-42,44-45H,13,15,17-19H2,1-9H3/b11-10+,14-12+/t20-,21-,22-,23+,25?,26+,27-,29+,30-,31-,32-,33+,34?,35+,36+,37-/m1/s1. The molecule has 15 nitrogen and oxygen atoms in total. The van der Waals surface area contributed by atoms with Gasteiger partial charge in [-0.2, -0.15) is 0 Å². The molecule has 2 fully saturated rings. The Morgan fingerprint density at radius 2 is 1.73 bits per heavy atom. The van der Waals surface area contributed by atoms with Gasteiger partial charge in [0.15, 0.2) is 18.7 Å². The molecule has 0 aromatic heterocycles. The molecule has 0 aromatic rings. The third kappa shape index (κ3) is 11.8. The molecule has 3 heterocycles. The second-order valence-corrected chi connectivity index (χ2v) is 14.9. The van der Waals surface area contributed by atoms with Gasteiger partial charge < -0.3 is 63.3 Å². The van der Waals surface area contributed by atoms with E-state index in [1.807, 2.05) is 13.0 Å². The molecule has 2 saturated heterocycles. The summed E-state index contributed by atoms with van der Waals surface area (Å²) in [6, 6.07) is -0.749. The molecule has 3 aliphatic heterocycles. The van der Waals surface area contributed by atoms with Crippen molar-refractivity contribution in [3.8, 4) is 0 Å². The molecular formula is C37H61NO14. The van der Waals surface area contributed by atoms with E-state index >= 15 is 0 Å². The van der Waals surface area contributed by atoms with Crippen LogP contribution >= 0.6 is 0 Å². The van der Waals surface area contributed by atoms with Crippen LogP contribution in [0, 0.1) is 11.8 Å². The number of ether oxygens (including phenoxy) is 7. The molecule has 3 aliphatic rings. The number of nitrogens with zero attached hydrogens (tertiary/aromatic N) is 1. The van der Waals surface area contributed by atoms with Crippen LogP contribution < -0.4 is 0 Å². The molecule has 15 heteroatoms. The summed E-state index contributed by atoms with van der Waals surface area (Å²) in [7, 11) is 4.84. The number of esters is 2. The lowest BCUT2D eigenvalue weighted by atomic mass is 9.82. The molecule has 0 aromatic carbocycles. The molecule has 0 amide bonds. The van der Waals surface area contributed by atoms with E-state index in [0.29, 0.717) is 12.7 Å². The van der Waals surface area contributed by atoms with Crippen molar-refractivity contribution in [3.63, 3.8) is 0 Å². The van der Waals surface area contributed by atoms with E-state index in [4.69, 9.17) is 33.2 Å². The van der Waals surface area contributed by atoms with Crippen molar-refractivity contribution in [2.45, 2.75) is 159 Å². The normalized spacial score (nSPS) is 44.0. The molecule has 16 atom stereocenters. The molecule has 298 valence electrons. The Hall–Kier alpha value is -2.31. The topological polar surface area (TPSA) is 200 Å². The Morgan fingerprint density at radius 3 is 2.33 bits per heavy atom. The number of aliphatic hydroxyl groups excluding tert-OH is 3. The summed E-state index contributed by atoms with van der Waals surface area (Å²) in [6.07, 6.45) is -4.09. The van der Waals surface area contributed by atoms with E-state index in [1.165, 1.54) is 21.0 Å². The van der Waals surface area contributed by atoms with Crippen molar-refractivity contribution in [1.82, 2.24) is 4.90 Å². The number of hydrogen-bond acceptors (Lipinski definition) is 15. The molecule has 3 rings (SSSR count). The summed E-state index contributed by atoms with van der Waals surface area (Å²) in [5, 5.41) is 45.4. The lowest BCUT2D eigenvalue weighted by Crippen LogP contribution is -2.66. The maximum atomic E-state index is 12.9. The first-order chi connectivity index (χ1) is 24.4. The number of likely N-dealkylation sites (N-methyl/N-ethyl adjacent to an activating group) is 1. The van der Waals surface area contributed by atoms with E-state index in [2.05, 4.69) is 0 Å². The Morgan fingerprint density at radius 1 is 1.04 bits per heavy atom. The van der Waals surface area contributed by atoms with Crippen molar-refractivity contribution in [3.05, 3.63) is 24.3 Å². The fraction of sp³-hybridized carbons (Fsp3) is 0.811. The van der Waals surface area contributed by atoms with Gasteiger partial charge in [-0.15, -0.1) is 0 Å². The molecule has 0 radical (unpaired) electrons. The van der Waals surface area contributed by atoms with Crippen LogP contribution in [0.25, 0.3) is 0 Å². The smallest absolute Gasteiger partial charge is 0.308 e. The summed E-state index contributed by atoms with van der Waals surface area (Å²) in [4.78, 5) is 38.4. The van der Waals surface area contributed by atoms with E-state index < -0.39 is 110 Å². The first-order valence-corrected chi connectivity index (χ1v) is 18.1. The zero-order valence-corrected chi connectivity index (χ0v) is 31.9. The van der Waals surface area contributed by atoms with Crippen molar-refractivity contribution in [1.29, 1.82) is 0 Å². The summed E-state index contributed by atoms with van der Waals surface area (Å²) in [6.45, 7) is 9.74. The van der Waals surface area contributed by atoms with Gasteiger partial charge in [0.05, 0.1) is 43.0 Å². The average Bonchev–Trinajstić information content (AvgIpc) is 3.03. The van der Waals surface area contributed by atoms with Crippen LogP contribution in [0.15, 0.2) is 24.3 Å². The largest absolute Gasteiger partial charge is 0.462 e. The second-order valence-electron chi connectivity index (χ2n) is 14.9. The summed E-state index contributed by atoms with van der Waals surface area (Å²) < 4.78 is 41.8. The number of carbonyl (C=O) groups excluding carboxylic acids is 3. The molecule has 2 unspecified atom stereocenters. The van der Waals surface area contributed by atoms with Crippen molar-refractivity contribution >= 4 is 18.2 Å². The second kappa shape index (κ2) is 19.9. The molecule has 0 saturated carbocycles. The highest BCUT2D eigenvalue weighted by Crippen LogP contribution is 2.37. The van der Waals surface area contributed by atoms with E-state index in [1.54, 1.807) is 58.0 Å². The molecule has 52 heavy (non-hydrogen) atoms. The van der Waals surface area contributed by atoms with E-state index in [9.17, 15) is 34.8 Å². The zero-order chi connectivity index (χ0) is 38.9. The molecule has 0 aliphatic carbocycles. The van der Waals surface area contributed by atoms with Gasteiger partial charge in [-0.3, -0.25) is 9.59 Å². The van der Waals surface area contributed by atoms with Gasteiger partial charge in [0.1, 0.15) is 36.3 Å². The minimum absolute atomic E-state index is 0.0335. The van der Waals surface area contributed by atoms with Crippen LogP contribution in [0.3, 0.4) is 0 Å². The fourth-order valence-electron chi connectivity index (χ4n) is 7.43. The van der Waals surface area contributed by atoms with Gasteiger partial charge in [-0.05, 0) is 60.0 Å². The first kappa shape index (κ1) is 44.1. The number of aldehydes is 1. The van der Waals surface area contributed by atoms with Crippen LogP contribution in [0.5, 0.6) is 0 Å². The average molecular weight is 744 g/mol. The van der Waals surface area contributed by atoms with Gasteiger partial charge >= 0.3 is 11.9 Å². The Kier molecular flexibility index (Phi) is 16.8. The predicted molar refractivity (Wildman–Crippen MR) is 187 cm³/mol. The van der Waals surface area contributed by atoms with Crippen LogP contribution in [0.1, 0.15) is 73.6 Å². The van der Waals surface area contributed by atoms with Gasteiger partial charge in [0.2, 0.25) is 0 Å². The van der Waals surface area contributed by atoms with Gasteiger partial charge in [-0.1, -0.05) is 31.2 Å². The molecular weight excluding hydrogens is 682 g/mol. The number of aliphatic hydroxyl groups is 4. The summed E-state index contributed by atoms with van der Waals surface area (Å²) >= 11 is 0. The number of cyclic esters (lactones) is 1. The highest BCUT2D eigenvalue weighted by atomic mass is 16.7. The minimum Gasteiger partial charge on any atom is -0.462 e. The molecule has 4 N–H and O–H groups in total. The highest BCUT2D eigenvalue weighted by Gasteiger charge is 2.52. The van der Waals surface area contributed by atoms with Crippen LogP contribution in [0.4, 0.5) is 0 Å². The third-order valence-electron chi connectivity index (χ3n) is 10.1. The number of allylic oxidation sites excluding steroid dienone is 2. The lowest BCUT2D eigenvalue weighted by molar-refractivity contribution is -0.344. The van der Waals surface area contributed by atoms with E-state index in [-0.39, 0.29) is 25.2 Å². The maximum absolute atomic E-state index is 12.9. The fourth-order valence-corrected chi connectivity index (χ4v) is 7.43. The minimum atomic E-state index is -1.47. The SMILES string of the molecule is COC1[C@@H](O[C@@H]2O[C@H](C)[C@@H](O[C@H]3C[C@@](C)(O)[C@@H](OC(C)=O)[C@H](C)O3)[C@H](N(C)C)[C@H]2O)C(CC=O)C[C@@H](C)[C@@H](O)/C=C/C=C/C[C@@H](C)OC(=O)C[C@H]1O. The molecule has 0 spiro atoms. The van der Waals surface area contributed by atoms with Crippen molar-refractivity contribution < 1.29 is 68.0 Å². The molecule has 0 bridgehead atoms. The number of rotatable bonds is 9. The summed E-state index contributed by atoms with van der Waals surface area (Å²) in [5.41, 5.74) is -1.47.